The molecule has 0 saturated carbocycles. The molecule has 0 heterocycles. The summed E-state index contributed by atoms with van der Waals surface area (Å²) in [5.74, 6) is 0. The average molecular weight is 118 g/mol. The number of hydrogen-bond acceptors (Lipinski definition) is 3. The molecule has 0 atom stereocenters. The highest BCUT2D eigenvalue weighted by atomic mass is 32.1. The van der Waals surface area contributed by atoms with E-state index in [0.29, 0.717) is 0 Å². The maximum Gasteiger partial charge on any atom is 0.187 e. The first-order valence-electron chi connectivity index (χ1n) is 1.71. The Balaban J connectivity index is 3.17. The Kier molecular flexibility index (Phi) is 3.55. The molecule has 0 saturated heterocycles. The molecule has 0 unspecified atom stereocenters. The van der Waals surface area contributed by atoms with Crippen LogP contribution < -0.4 is 0 Å². The molecule has 0 rings (SSSR count). The second kappa shape index (κ2) is 3.77. The van der Waals surface area contributed by atoms with Crippen molar-refractivity contribution in [3.8, 4) is 0 Å². The maximum atomic E-state index is 8.01. The Hall–Kier alpha value is -0.410. The van der Waals surface area contributed by atoms with E-state index in [1.807, 2.05) is 0 Å². The molecule has 0 amide bonds. The van der Waals surface area contributed by atoms with Crippen LogP contribution in [0.2, 0.25) is 0 Å². The van der Waals surface area contributed by atoms with Gasteiger partial charge in [-0.25, -0.2) is 0 Å². The average Bonchev–Trinajstić information content (AvgIpc) is 1.68. The van der Waals surface area contributed by atoms with Crippen LogP contribution in [0.15, 0.2) is 12.7 Å². The third-order valence-electron chi connectivity index (χ3n) is 0.373. The van der Waals surface area contributed by atoms with Crippen molar-refractivity contribution in [2.75, 3.05) is 6.79 Å². The van der Waals surface area contributed by atoms with Gasteiger partial charge in [-0.1, -0.05) is 6.58 Å². The Labute approximate surface area is 47.4 Å². The van der Waals surface area contributed by atoms with Gasteiger partial charge in [-0.15, -0.1) is 0 Å². The van der Waals surface area contributed by atoms with E-state index in [1.165, 1.54) is 6.08 Å². The third kappa shape index (κ3) is 3.42. The maximum absolute atomic E-state index is 8.01. The molecule has 0 aromatic heterocycles. The minimum atomic E-state index is -0.370. The minimum Gasteiger partial charge on any atom is -0.457 e. The topological polar surface area (TPSA) is 29.5 Å². The first-order chi connectivity index (χ1) is 3.31. The molecule has 0 aliphatic carbocycles. The summed E-state index contributed by atoms with van der Waals surface area (Å²) in [6.07, 6.45) is 1.35. The quantitative estimate of drug-likeness (QED) is 0.324. The zero-order chi connectivity index (χ0) is 5.70. The van der Waals surface area contributed by atoms with Crippen LogP contribution in [0.4, 0.5) is 0 Å². The van der Waals surface area contributed by atoms with Gasteiger partial charge in [0.2, 0.25) is 0 Å². The van der Waals surface area contributed by atoms with Crippen molar-refractivity contribution in [2.24, 2.45) is 0 Å². The highest BCUT2D eigenvalue weighted by Crippen LogP contribution is 1.78. The van der Waals surface area contributed by atoms with Crippen LogP contribution in [0.1, 0.15) is 0 Å². The third-order valence-corrected chi connectivity index (χ3v) is 0.658. The minimum absolute atomic E-state index is 0.225. The molecule has 0 bridgehead atoms. The van der Waals surface area contributed by atoms with Crippen molar-refractivity contribution in [3.63, 3.8) is 0 Å². The zero-order valence-corrected chi connectivity index (χ0v) is 4.57. The van der Waals surface area contributed by atoms with Gasteiger partial charge in [0.05, 0.1) is 0 Å². The standard InChI is InChI=1S/C4H6O2S/c1-2-4(7)6-3-5/h2,5H,1,3H2. The Morgan fingerprint density at radius 1 is 2.00 bits per heavy atom. The summed E-state index contributed by atoms with van der Waals surface area (Å²) in [5, 5.41) is 8.23. The van der Waals surface area contributed by atoms with Crippen LogP contribution in [0.25, 0.3) is 0 Å². The van der Waals surface area contributed by atoms with Crippen LogP contribution in [0.5, 0.6) is 0 Å². The van der Waals surface area contributed by atoms with E-state index in [0.717, 1.165) is 0 Å². The lowest BCUT2D eigenvalue weighted by molar-refractivity contribution is 0.0929. The van der Waals surface area contributed by atoms with Crippen LogP contribution in [0.3, 0.4) is 0 Å². The molecular formula is C4H6O2S. The van der Waals surface area contributed by atoms with E-state index in [9.17, 15) is 0 Å². The van der Waals surface area contributed by atoms with E-state index < -0.39 is 0 Å². The smallest absolute Gasteiger partial charge is 0.187 e. The highest BCUT2D eigenvalue weighted by molar-refractivity contribution is 7.80. The number of hydrogen-bond donors (Lipinski definition) is 1. The van der Waals surface area contributed by atoms with Gasteiger partial charge >= 0.3 is 0 Å². The number of aliphatic hydroxyl groups excluding tert-OH is 1. The van der Waals surface area contributed by atoms with Gasteiger partial charge in [-0.2, -0.15) is 0 Å². The Bertz CT molecular complexity index is 79.8. The largest absolute Gasteiger partial charge is 0.457 e. The predicted octanol–water partition coefficient (Wildman–Crippen LogP) is 0.466. The Morgan fingerprint density at radius 2 is 2.57 bits per heavy atom. The van der Waals surface area contributed by atoms with E-state index in [2.05, 4.69) is 23.5 Å². The fraction of sp³-hybridized carbons (Fsp3) is 0.250. The monoisotopic (exact) mass is 118 g/mol. The van der Waals surface area contributed by atoms with Gasteiger partial charge in [0.15, 0.2) is 11.8 Å². The van der Waals surface area contributed by atoms with Gasteiger partial charge in [-0.05, 0) is 18.3 Å². The summed E-state index contributed by atoms with van der Waals surface area (Å²) in [5.41, 5.74) is 0. The molecule has 0 aliphatic rings. The summed E-state index contributed by atoms with van der Waals surface area (Å²) in [6, 6.07) is 0. The van der Waals surface area contributed by atoms with Gasteiger partial charge in [0, 0.05) is 0 Å². The van der Waals surface area contributed by atoms with Crippen molar-refractivity contribution in [3.05, 3.63) is 12.7 Å². The van der Waals surface area contributed by atoms with Gasteiger partial charge < -0.3 is 9.84 Å². The fourth-order valence-corrected chi connectivity index (χ4v) is 0.175. The van der Waals surface area contributed by atoms with Crippen molar-refractivity contribution in [1.82, 2.24) is 0 Å². The van der Waals surface area contributed by atoms with Crippen molar-refractivity contribution in [2.45, 2.75) is 0 Å². The van der Waals surface area contributed by atoms with Gasteiger partial charge in [0.25, 0.3) is 0 Å². The molecule has 40 valence electrons. The summed E-state index contributed by atoms with van der Waals surface area (Å²) in [6.45, 7) is 2.93. The Morgan fingerprint density at radius 3 is 2.71 bits per heavy atom. The van der Waals surface area contributed by atoms with Gasteiger partial charge in [0.1, 0.15) is 0 Å². The molecule has 0 spiro atoms. The van der Waals surface area contributed by atoms with Gasteiger partial charge in [-0.3, -0.25) is 0 Å². The molecule has 0 aliphatic heterocycles. The lowest BCUT2D eigenvalue weighted by atomic mass is 10.7. The van der Waals surface area contributed by atoms with Crippen LogP contribution in [-0.4, -0.2) is 17.0 Å². The highest BCUT2D eigenvalue weighted by Gasteiger charge is 1.81. The number of thiocarbonyl (C=S) groups is 1. The number of ether oxygens (including phenoxy) is 1. The zero-order valence-electron chi connectivity index (χ0n) is 3.76. The second-order valence-corrected chi connectivity index (χ2v) is 1.20. The predicted molar refractivity (Wildman–Crippen MR) is 31.0 cm³/mol. The summed E-state index contributed by atoms with van der Waals surface area (Å²) in [4.78, 5) is 0. The van der Waals surface area contributed by atoms with Crippen LogP contribution in [-0.2, 0) is 4.74 Å². The first kappa shape index (κ1) is 6.59. The molecule has 0 aromatic carbocycles. The number of rotatable bonds is 2. The summed E-state index contributed by atoms with van der Waals surface area (Å²) < 4.78 is 4.36. The first-order valence-corrected chi connectivity index (χ1v) is 2.12. The molecule has 2 nitrogen and oxygen atoms in total. The second-order valence-electron chi connectivity index (χ2n) is 0.797. The van der Waals surface area contributed by atoms with E-state index in [4.69, 9.17) is 5.11 Å². The molecular weight excluding hydrogens is 112 g/mol. The van der Waals surface area contributed by atoms with Crippen molar-refractivity contribution < 1.29 is 9.84 Å². The summed E-state index contributed by atoms with van der Waals surface area (Å²) >= 11 is 4.45. The molecule has 1 N–H and O–H groups in total. The molecule has 3 heteroatoms. The SMILES string of the molecule is C=CC(=S)OCO. The van der Waals surface area contributed by atoms with Crippen molar-refractivity contribution >= 4 is 17.3 Å². The summed E-state index contributed by atoms with van der Waals surface area (Å²) in [7, 11) is 0. The molecule has 0 radical (unpaired) electrons. The van der Waals surface area contributed by atoms with E-state index >= 15 is 0 Å². The van der Waals surface area contributed by atoms with Crippen LogP contribution >= 0.6 is 12.2 Å². The lowest BCUT2D eigenvalue weighted by Crippen LogP contribution is -1.96. The molecule has 0 aromatic rings. The fourth-order valence-electron chi connectivity index (χ4n) is 0.123. The number of aliphatic hydroxyl groups is 1. The van der Waals surface area contributed by atoms with E-state index in [1.54, 1.807) is 0 Å². The van der Waals surface area contributed by atoms with Crippen molar-refractivity contribution in [1.29, 1.82) is 0 Å². The van der Waals surface area contributed by atoms with Crippen LogP contribution in [0, 0.1) is 0 Å². The molecule has 7 heavy (non-hydrogen) atoms. The molecule has 0 fully saturated rings. The normalized spacial score (nSPS) is 7.57. The lowest BCUT2D eigenvalue weighted by Gasteiger charge is -1.93. The van der Waals surface area contributed by atoms with E-state index in [-0.39, 0.29) is 11.8 Å².